The predicted molar refractivity (Wildman–Crippen MR) is 144 cm³/mol. The highest BCUT2D eigenvalue weighted by Crippen LogP contribution is 2.69. The number of rotatable bonds is 3. The van der Waals surface area contributed by atoms with E-state index >= 15 is 0 Å². The molecule has 2 bridgehead atoms. The predicted octanol–water partition coefficient (Wildman–Crippen LogP) is 4.24. The standard InChI is InChI=1S/C32H33F3N2O4/c1-29-24(36(2)26(39)12-7-19-5-9-22(10-6-19)32(33,34)35)13-14-31(40)25-17-21-8-11-23(38)28(41-29)27(21)30(29,31)15-16-37(25)18-20-3-4-20/h5-6,8-11,20,24-25,38,40H,3-4,13-18H2,1-2H3/t24-,25+,29-,30-,31+/m0/s1. The van der Waals surface area contributed by atoms with E-state index < -0.39 is 40.3 Å². The molecule has 216 valence electrons. The molecule has 5 atom stereocenters. The molecule has 0 unspecified atom stereocenters. The van der Waals surface area contributed by atoms with Crippen LogP contribution in [-0.4, -0.2) is 69.3 Å². The van der Waals surface area contributed by atoms with E-state index in [-0.39, 0.29) is 11.8 Å². The first-order valence-corrected chi connectivity index (χ1v) is 14.4. The number of benzene rings is 2. The molecule has 2 aromatic carbocycles. The van der Waals surface area contributed by atoms with E-state index in [0.29, 0.717) is 42.9 Å². The molecule has 2 aromatic rings. The molecular weight excluding hydrogens is 533 g/mol. The van der Waals surface area contributed by atoms with Crippen LogP contribution >= 0.6 is 0 Å². The van der Waals surface area contributed by atoms with E-state index in [9.17, 15) is 28.2 Å². The number of halogens is 3. The molecule has 7 rings (SSSR count). The second kappa shape index (κ2) is 8.65. The number of phenols is 1. The number of aromatic hydroxyl groups is 1. The van der Waals surface area contributed by atoms with Gasteiger partial charge in [-0.3, -0.25) is 9.69 Å². The van der Waals surface area contributed by atoms with Gasteiger partial charge in [-0.15, -0.1) is 0 Å². The molecule has 1 saturated heterocycles. The fourth-order valence-electron chi connectivity index (χ4n) is 8.57. The second-order valence-corrected chi connectivity index (χ2v) is 12.7. The van der Waals surface area contributed by atoms with Gasteiger partial charge >= 0.3 is 6.18 Å². The van der Waals surface area contributed by atoms with Gasteiger partial charge in [-0.25, -0.2) is 0 Å². The summed E-state index contributed by atoms with van der Waals surface area (Å²) in [6.07, 6.45) is 0.291. The van der Waals surface area contributed by atoms with Crippen LogP contribution < -0.4 is 4.74 Å². The summed E-state index contributed by atoms with van der Waals surface area (Å²) in [6.45, 7) is 3.73. The lowest BCUT2D eigenvalue weighted by Gasteiger charge is -2.67. The molecule has 3 aliphatic carbocycles. The Bertz CT molecular complexity index is 1490. The van der Waals surface area contributed by atoms with Gasteiger partial charge in [0.25, 0.3) is 5.91 Å². The summed E-state index contributed by atoms with van der Waals surface area (Å²) in [5, 5.41) is 23.6. The van der Waals surface area contributed by atoms with Gasteiger partial charge in [-0.1, -0.05) is 12.0 Å². The third kappa shape index (κ3) is 3.63. The van der Waals surface area contributed by atoms with Crippen LogP contribution in [0.2, 0.25) is 0 Å². The topological polar surface area (TPSA) is 73.2 Å². The van der Waals surface area contributed by atoms with Gasteiger partial charge in [0.15, 0.2) is 11.5 Å². The second-order valence-electron chi connectivity index (χ2n) is 12.7. The molecule has 0 radical (unpaired) electrons. The van der Waals surface area contributed by atoms with Gasteiger partial charge in [0, 0.05) is 36.7 Å². The van der Waals surface area contributed by atoms with E-state index in [0.717, 1.165) is 36.3 Å². The van der Waals surface area contributed by atoms with Crippen LogP contribution in [0.1, 0.15) is 61.3 Å². The Balaban J connectivity index is 1.24. The summed E-state index contributed by atoms with van der Waals surface area (Å²) in [4.78, 5) is 17.4. The fourth-order valence-corrected chi connectivity index (χ4v) is 8.57. The highest BCUT2D eigenvalue weighted by molar-refractivity contribution is 5.94. The smallest absolute Gasteiger partial charge is 0.416 e. The number of phenolic OH excluding ortho intramolecular Hbond substituents is 1. The van der Waals surface area contributed by atoms with Crippen molar-refractivity contribution < 1.29 is 32.9 Å². The molecule has 41 heavy (non-hydrogen) atoms. The van der Waals surface area contributed by atoms with Crippen molar-refractivity contribution >= 4 is 5.91 Å². The summed E-state index contributed by atoms with van der Waals surface area (Å²) in [5.41, 5.74) is -1.44. The molecule has 6 nitrogen and oxygen atoms in total. The third-order valence-electron chi connectivity index (χ3n) is 10.7. The third-order valence-corrected chi connectivity index (χ3v) is 10.7. The Hall–Kier alpha value is -3.22. The minimum Gasteiger partial charge on any atom is -0.504 e. The Labute approximate surface area is 237 Å². The van der Waals surface area contributed by atoms with Crippen molar-refractivity contribution in [2.45, 2.75) is 80.3 Å². The van der Waals surface area contributed by atoms with Gasteiger partial charge in [0.05, 0.1) is 22.6 Å². The zero-order valence-corrected chi connectivity index (χ0v) is 23.1. The summed E-state index contributed by atoms with van der Waals surface area (Å²) < 4.78 is 45.5. The van der Waals surface area contributed by atoms with Crippen LogP contribution in [0.3, 0.4) is 0 Å². The zero-order chi connectivity index (χ0) is 28.9. The number of hydrogen-bond donors (Lipinski definition) is 2. The number of nitrogens with zero attached hydrogens (tertiary/aromatic N) is 2. The summed E-state index contributed by atoms with van der Waals surface area (Å²) >= 11 is 0. The number of carbonyl (C=O) groups is 1. The summed E-state index contributed by atoms with van der Waals surface area (Å²) in [7, 11) is 1.66. The van der Waals surface area contributed by atoms with Crippen LogP contribution in [0, 0.1) is 17.8 Å². The van der Waals surface area contributed by atoms with Crippen molar-refractivity contribution in [2.75, 3.05) is 20.1 Å². The van der Waals surface area contributed by atoms with Gasteiger partial charge < -0.3 is 19.8 Å². The molecule has 2 N–H and O–H groups in total. The maximum absolute atomic E-state index is 13.4. The minimum atomic E-state index is -4.45. The first kappa shape index (κ1) is 26.7. The molecule has 9 heteroatoms. The van der Waals surface area contributed by atoms with Crippen molar-refractivity contribution in [3.8, 4) is 23.3 Å². The monoisotopic (exact) mass is 566 g/mol. The molecule has 2 saturated carbocycles. The summed E-state index contributed by atoms with van der Waals surface area (Å²) in [5.74, 6) is 5.93. The van der Waals surface area contributed by atoms with Gasteiger partial charge in [0.1, 0.15) is 5.60 Å². The van der Waals surface area contributed by atoms with Crippen LogP contribution in [0.25, 0.3) is 0 Å². The fraction of sp³-hybridized carbons (Fsp3) is 0.531. The molecule has 5 aliphatic rings. The van der Waals surface area contributed by atoms with Gasteiger partial charge in [-0.05, 0) is 93.8 Å². The Kier molecular flexibility index (Phi) is 5.63. The number of likely N-dealkylation sites (N-methyl/N-ethyl adjacent to an activating group) is 1. The minimum absolute atomic E-state index is 0.0322. The lowest BCUT2D eigenvalue weighted by molar-refractivity contribution is -0.229. The van der Waals surface area contributed by atoms with Crippen LogP contribution in [0.15, 0.2) is 36.4 Å². The molecule has 0 aromatic heterocycles. The quantitative estimate of drug-likeness (QED) is 0.544. The number of piperidine rings is 1. The highest BCUT2D eigenvalue weighted by atomic mass is 19.4. The number of likely N-dealkylation sites (tertiary alicyclic amines) is 1. The Morgan fingerprint density at radius 2 is 1.88 bits per heavy atom. The van der Waals surface area contributed by atoms with E-state index in [2.05, 4.69) is 16.7 Å². The Morgan fingerprint density at radius 3 is 2.56 bits per heavy atom. The summed E-state index contributed by atoms with van der Waals surface area (Å²) in [6, 6.07) is 7.48. The van der Waals surface area contributed by atoms with Crippen molar-refractivity contribution in [2.24, 2.45) is 5.92 Å². The molecule has 3 fully saturated rings. The van der Waals surface area contributed by atoms with Gasteiger partial charge in [0.2, 0.25) is 0 Å². The van der Waals surface area contributed by atoms with Crippen molar-refractivity contribution in [1.29, 1.82) is 0 Å². The first-order valence-electron chi connectivity index (χ1n) is 14.4. The van der Waals surface area contributed by atoms with Crippen molar-refractivity contribution in [3.05, 3.63) is 58.7 Å². The number of ether oxygens (including phenoxy) is 1. The zero-order valence-electron chi connectivity index (χ0n) is 23.1. The lowest BCUT2D eigenvalue weighted by atomic mass is 9.44. The molecule has 2 heterocycles. The normalized spacial score (nSPS) is 33.3. The first-order chi connectivity index (χ1) is 19.4. The number of aliphatic hydroxyl groups is 1. The van der Waals surface area contributed by atoms with Gasteiger partial charge in [-0.2, -0.15) is 13.2 Å². The average molecular weight is 567 g/mol. The molecule has 1 spiro atoms. The maximum atomic E-state index is 13.4. The van der Waals surface area contributed by atoms with E-state index in [4.69, 9.17) is 4.74 Å². The Morgan fingerprint density at radius 1 is 1.15 bits per heavy atom. The van der Waals surface area contributed by atoms with Crippen LogP contribution in [0.5, 0.6) is 11.5 Å². The van der Waals surface area contributed by atoms with E-state index in [1.807, 2.05) is 13.0 Å². The average Bonchev–Trinajstić information content (AvgIpc) is 3.69. The SMILES string of the molecule is CN(C(=O)C#Cc1ccc(C(F)(F)F)cc1)[C@H]1CC[C@@]2(O)[C@H]3Cc4ccc(O)c5c4[C@@]2(CCN3CC2CC2)[C@@]1(C)O5. The number of carbonyl (C=O) groups excluding carboxylic acids is 1. The number of hydrogen-bond acceptors (Lipinski definition) is 5. The number of alkyl halides is 3. The molecule has 2 aliphatic heterocycles. The molecular formula is C32H33F3N2O4. The maximum Gasteiger partial charge on any atom is 0.416 e. The van der Waals surface area contributed by atoms with Crippen molar-refractivity contribution in [3.63, 3.8) is 0 Å². The van der Waals surface area contributed by atoms with E-state index in [1.165, 1.54) is 25.0 Å². The van der Waals surface area contributed by atoms with Crippen LogP contribution in [-0.2, 0) is 22.8 Å². The lowest BCUT2D eigenvalue weighted by Crippen LogP contribution is -2.82. The van der Waals surface area contributed by atoms with E-state index in [1.54, 1.807) is 18.0 Å². The highest BCUT2D eigenvalue weighted by Gasteiger charge is 2.78. The number of amides is 1. The van der Waals surface area contributed by atoms with Crippen molar-refractivity contribution in [1.82, 2.24) is 9.80 Å². The van der Waals surface area contributed by atoms with Crippen LogP contribution in [0.4, 0.5) is 13.2 Å². The molecule has 1 amide bonds. The largest absolute Gasteiger partial charge is 0.504 e.